The number of rotatable bonds is 0. The summed E-state index contributed by atoms with van der Waals surface area (Å²) in [5.74, 6) is 0. The molecule has 0 aliphatic carbocycles. The number of hydrogen-bond acceptors (Lipinski definition) is 0. The number of hydrogen-bond donors (Lipinski definition) is 0. The summed E-state index contributed by atoms with van der Waals surface area (Å²) in [6.45, 7) is 0. The second-order valence-electron chi connectivity index (χ2n) is 6.87. The van der Waals surface area contributed by atoms with Crippen LogP contribution in [0.2, 0.25) is 0 Å². The molecule has 0 radical (unpaired) electrons. The van der Waals surface area contributed by atoms with Crippen LogP contribution in [-0.2, 0) is -17.3 Å². The molecule has 0 saturated heterocycles. The van der Waals surface area contributed by atoms with Crippen LogP contribution in [0.1, 0.15) is 0 Å². The maximum absolute atomic E-state index is 16.8. The molecule has 0 bridgehead atoms. The summed E-state index contributed by atoms with van der Waals surface area (Å²) in [6, 6.07) is 0. The Morgan fingerprint density at radius 2 is 0.222 bits per heavy atom. The van der Waals surface area contributed by atoms with Crippen molar-refractivity contribution in [3.8, 4) is 0 Å². The Kier molecular flexibility index (Phi) is 0.684. The van der Waals surface area contributed by atoms with E-state index < -0.39 is -17.3 Å². The van der Waals surface area contributed by atoms with E-state index in [-0.39, 0.29) is 0 Å². The maximum atomic E-state index is 5.11. The van der Waals surface area contributed by atoms with Crippen molar-refractivity contribution in [1.82, 2.24) is 0 Å². The Hall–Kier alpha value is 5.55. The predicted octanol–water partition coefficient (Wildman–Crippen LogP) is 11.7. The number of halogens is 17. The van der Waals surface area contributed by atoms with Gasteiger partial charge in [0, 0.05) is 0 Å². The van der Waals surface area contributed by atoms with E-state index in [1.807, 2.05) is 0 Å². The van der Waals surface area contributed by atoms with E-state index >= 15 is 0 Å². The first-order valence-electron chi connectivity index (χ1n) is 2.27. The van der Waals surface area contributed by atoms with E-state index in [9.17, 15) is 0 Å². The second-order valence-corrected chi connectivity index (χ2v) is 366. The van der Waals surface area contributed by atoms with Gasteiger partial charge in [-0.25, -0.2) is 0 Å². The molecule has 18 heavy (non-hydrogen) atoms. The molecule has 0 unspecified atom stereocenters. The van der Waals surface area contributed by atoms with Crippen molar-refractivity contribution in [1.29, 1.82) is 0 Å². The molecule has 0 aromatic carbocycles. The first-order valence-corrected chi connectivity index (χ1v) is 40.3. The Labute approximate surface area is 144 Å². The average Bonchev–Trinajstić information content (AvgIpc) is 0.310. The Balaban J connectivity index is 12.2. The van der Waals surface area contributed by atoms with Crippen LogP contribution in [0.15, 0.2) is 0 Å². The van der Waals surface area contributed by atoms with Gasteiger partial charge < -0.3 is 0 Å². The van der Waals surface area contributed by atoms with Crippen molar-refractivity contribution >= 4 is 165 Å². The summed E-state index contributed by atoms with van der Waals surface area (Å²) in [7, 11) is 86.8. The third kappa shape index (κ3) is 295. The van der Waals surface area contributed by atoms with Crippen molar-refractivity contribution in [2.24, 2.45) is 0 Å². The van der Waals surface area contributed by atoms with Crippen LogP contribution in [0.5, 0.6) is 0 Å². The van der Waals surface area contributed by atoms with Gasteiger partial charge in [-0.2, -0.15) is 0 Å². The average molecular weight is 704 g/mol. The molecule has 127 valence electrons. The molecule has 0 N–H and O–H groups in total. The summed E-state index contributed by atoms with van der Waals surface area (Å²) in [6.07, 6.45) is 0. The Morgan fingerprint density at radius 1 is 0.222 bits per heavy atom. The molecule has 0 aliphatic rings. The van der Waals surface area contributed by atoms with E-state index in [1.54, 1.807) is 0 Å². The van der Waals surface area contributed by atoms with Gasteiger partial charge in [-0.15, -0.1) is 0 Å². The second kappa shape index (κ2) is 0.523. The molecular formula is Cl17Ru. The van der Waals surface area contributed by atoms with Crippen molar-refractivity contribution < 1.29 is -17.3 Å². The minimum absolute atomic E-state index is 5.11. The molecule has 0 spiro atoms. The molecule has 0 nitrogen and oxygen atoms in total. The zero-order chi connectivity index (χ0) is 17.2. The van der Waals surface area contributed by atoms with Crippen molar-refractivity contribution in [2.45, 2.75) is 0 Å². The van der Waals surface area contributed by atoms with Crippen LogP contribution >= 0.6 is 165 Å². The van der Waals surface area contributed by atoms with Gasteiger partial charge in [0.15, 0.2) is 0 Å². The molecule has 0 aliphatic heterocycles. The molecule has 0 fully saturated rings. The van der Waals surface area contributed by atoms with Crippen molar-refractivity contribution in [3.05, 3.63) is 0 Å². The summed E-state index contributed by atoms with van der Waals surface area (Å²) >= 11 is 0. The van der Waals surface area contributed by atoms with Crippen LogP contribution in [0.3, 0.4) is 0 Å². The van der Waals surface area contributed by atoms with Crippen LogP contribution in [0.4, 0.5) is 0 Å². The third-order valence-corrected chi connectivity index (χ3v) is 0. The molecule has 0 amide bonds. The molecular weight excluding hydrogens is 704 g/mol. The fourth-order valence-corrected chi connectivity index (χ4v) is 0. The van der Waals surface area contributed by atoms with Gasteiger partial charge >= 0.3 is 147 Å². The summed E-state index contributed by atoms with van der Waals surface area (Å²) in [5.41, 5.74) is 0. The van der Waals surface area contributed by atoms with Crippen molar-refractivity contribution in [2.75, 3.05) is 0 Å². The summed E-state index contributed by atoms with van der Waals surface area (Å²) in [5, 5.41) is 0. The first-order chi connectivity index (χ1) is 4.12. The van der Waals surface area contributed by atoms with Gasteiger partial charge in [0.1, 0.15) is 0 Å². The normalized spacial score (nSPS) is 67.1. The van der Waals surface area contributed by atoms with Crippen LogP contribution in [-0.4, -0.2) is 0 Å². The van der Waals surface area contributed by atoms with Crippen LogP contribution < -0.4 is 0 Å². The molecule has 0 saturated carbocycles. The van der Waals surface area contributed by atoms with E-state index in [0.717, 1.165) is 0 Å². The monoisotopic (exact) mass is 696 g/mol. The van der Waals surface area contributed by atoms with Crippen LogP contribution in [0.25, 0.3) is 0 Å². The van der Waals surface area contributed by atoms with Gasteiger partial charge in [-0.1, -0.05) is 0 Å². The first kappa shape index (κ1) is 23.6. The zero-order valence-corrected chi connectivity index (χ0v) is 21.4. The Morgan fingerprint density at radius 3 is 0.222 bits per heavy atom. The predicted molar refractivity (Wildman–Crippen MR) is 99.5 cm³/mol. The van der Waals surface area contributed by atoms with Gasteiger partial charge in [0.25, 0.3) is 0 Å². The van der Waals surface area contributed by atoms with E-state index in [0.29, 0.717) is 0 Å². The van der Waals surface area contributed by atoms with E-state index in [1.165, 1.54) is 0 Å². The summed E-state index contributed by atoms with van der Waals surface area (Å²) < 4.78 is -16.8. The quantitative estimate of drug-likeness (QED) is 0.220. The fraction of sp³-hybridized carbons (Fsp3) is 0. The summed E-state index contributed by atoms with van der Waals surface area (Å²) in [4.78, 5) is 0. The van der Waals surface area contributed by atoms with Gasteiger partial charge in [0.2, 0.25) is 0 Å². The standard InChI is InChI=1S/17ClH.Ru/h17*1H;/q;;;;;;;;;;;;;;;;;+17/p-17. The fourth-order valence-electron chi connectivity index (χ4n) is 0. The molecule has 0 atom stereocenters. The SMILES string of the molecule is [Cl][Ru]([Cl])([Cl])([Cl])([Cl])([Cl])([Cl])([Cl])([Cl])([Cl])([Cl])([Cl])([Cl])([Cl])([Cl])([Cl])[Cl]. The van der Waals surface area contributed by atoms with E-state index in [4.69, 9.17) is 165 Å². The molecule has 18 heteroatoms. The third-order valence-electron chi connectivity index (χ3n) is 0. The van der Waals surface area contributed by atoms with Gasteiger partial charge in [-0.05, 0) is 0 Å². The van der Waals surface area contributed by atoms with E-state index in [2.05, 4.69) is 0 Å². The van der Waals surface area contributed by atoms with Crippen molar-refractivity contribution in [3.63, 3.8) is 0 Å². The molecule has 0 heterocycles. The van der Waals surface area contributed by atoms with Gasteiger partial charge in [-0.3, -0.25) is 0 Å². The Bertz CT molecular complexity index is 969. The topological polar surface area (TPSA) is 0 Å². The van der Waals surface area contributed by atoms with Crippen LogP contribution in [0, 0.1) is 0 Å². The van der Waals surface area contributed by atoms with Gasteiger partial charge in [0.05, 0.1) is 0 Å². The molecule has 0 rings (SSSR count). The minimum atomic E-state index is -16.8. The molecule has 0 aromatic heterocycles. The zero-order valence-electron chi connectivity index (χ0n) is 6.78. The molecule has 0 aromatic rings.